The monoisotopic (exact) mass is 291 g/mol. The second-order valence-electron chi connectivity index (χ2n) is 6.67. The maximum absolute atomic E-state index is 11.8. The van der Waals surface area contributed by atoms with Gasteiger partial charge >= 0.3 is 0 Å². The number of rotatable bonds is 4. The molecule has 0 fully saturated rings. The summed E-state index contributed by atoms with van der Waals surface area (Å²) in [6, 6.07) is 5.99. The number of hydrogen-bond acceptors (Lipinski definition) is 3. The Labute approximate surface area is 126 Å². The summed E-state index contributed by atoms with van der Waals surface area (Å²) in [5, 5.41) is 2.97. The normalized spacial score (nSPS) is 14.4. The highest BCUT2D eigenvalue weighted by Crippen LogP contribution is 2.30. The van der Waals surface area contributed by atoms with Crippen LogP contribution < -0.4 is 14.8 Å². The quantitative estimate of drug-likeness (QED) is 0.928. The van der Waals surface area contributed by atoms with Crippen LogP contribution in [0, 0.1) is 5.41 Å². The predicted molar refractivity (Wildman–Crippen MR) is 82.8 cm³/mol. The molecule has 1 aliphatic rings. The third-order valence-electron chi connectivity index (χ3n) is 3.24. The average Bonchev–Trinajstić information content (AvgIpc) is 2.61. The fourth-order valence-corrected chi connectivity index (χ4v) is 2.25. The van der Waals surface area contributed by atoms with Gasteiger partial charge in [0.15, 0.2) is 11.5 Å². The van der Waals surface area contributed by atoms with Crippen molar-refractivity contribution in [3.63, 3.8) is 0 Å². The maximum Gasteiger partial charge on any atom is 0.220 e. The Bertz CT molecular complexity index is 491. The lowest BCUT2D eigenvalue weighted by atomic mass is 9.92. The zero-order chi connectivity index (χ0) is 15.3. The van der Waals surface area contributed by atoms with Gasteiger partial charge in [0.25, 0.3) is 0 Å². The minimum Gasteiger partial charge on any atom is -0.490 e. The third-order valence-corrected chi connectivity index (χ3v) is 3.24. The van der Waals surface area contributed by atoms with E-state index in [1.807, 2.05) is 18.2 Å². The third kappa shape index (κ3) is 5.29. The van der Waals surface area contributed by atoms with E-state index < -0.39 is 0 Å². The van der Waals surface area contributed by atoms with Gasteiger partial charge in [0.05, 0.1) is 13.2 Å². The van der Waals surface area contributed by atoms with Crippen molar-refractivity contribution < 1.29 is 14.3 Å². The number of ether oxygens (including phenoxy) is 2. The Balaban J connectivity index is 1.84. The van der Waals surface area contributed by atoms with E-state index in [0.717, 1.165) is 29.9 Å². The molecule has 0 saturated carbocycles. The van der Waals surface area contributed by atoms with Crippen molar-refractivity contribution in [1.82, 2.24) is 5.32 Å². The molecule has 2 rings (SSSR count). The maximum atomic E-state index is 11.8. The summed E-state index contributed by atoms with van der Waals surface area (Å²) < 4.78 is 11.3. The summed E-state index contributed by atoms with van der Waals surface area (Å²) in [5.41, 5.74) is 1.18. The van der Waals surface area contributed by atoms with Crippen LogP contribution in [-0.4, -0.2) is 25.7 Å². The lowest BCUT2D eigenvalue weighted by Crippen LogP contribution is -2.29. The minimum absolute atomic E-state index is 0.0271. The largest absolute Gasteiger partial charge is 0.490 e. The van der Waals surface area contributed by atoms with Crippen molar-refractivity contribution in [3.8, 4) is 11.5 Å². The molecule has 0 unspecified atom stereocenters. The first-order chi connectivity index (χ1) is 9.94. The van der Waals surface area contributed by atoms with E-state index >= 15 is 0 Å². The molecule has 1 aromatic carbocycles. The molecule has 116 valence electrons. The first-order valence-electron chi connectivity index (χ1n) is 7.59. The summed E-state index contributed by atoms with van der Waals surface area (Å²) in [4.78, 5) is 11.8. The average molecular weight is 291 g/mol. The molecular formula is C17H25NO3. The van der Waals surface area contributed by atoms with E-state index in [1.54, 1.807) is 0 Å². The van der Waals surface area contributed by atoms with Crippen LogP contribution in [0.2, 0.25) is 0 Å². The SMILES string of the molecule is CC(C)(C)CC(=O)NCCc1ccc2c(c1)OCCCO2. The van der Waals surface area contributed by atoms with Crippen LogP contribution in [0.25, 0.3) is 0 Å². The van der Waals surface area contributed by atoms with Gasteiger partial charge in [-0.15, -0.1) is 0 Å². The second-order valence-corrected chi connectivity index (χ2v) is 6.67. The van der Waals surface area contributed by atoms with Crippen LogP contribution in [0.3, 0.4) is 0 Å². The molecule has 4 nitrogen and oxygen atoms in total. The minimum atomic E-state index is 0.0271. The van der Waals surface area contributed by atoms with Crippen LogP contribution in [-0.2, 0) is 11.2 Å². The van der Waals surface area contributed by atoms with Gasteiger partial charge in [0.2, 0.25) is 5.91 Å². The van der Waals surface area contributed by atoms with Gasteiger partial charge in [-0.3, -0.25) is 4.79 Å². The molecule has 1 aromatic rings. The van der Waals surface area contributed by atoms with Gasteiger partial charge < -0.3 is 14.8 Å². The number of nitrogens with one attached hydrogen (secondary N) is 1. The molecule has 21 heavy (non-hydrogen) atoms. The predicted octanol–water partition coefficient (Wildman–Crippen LogP) is 2.94. The highest BCUT2D eigenvalue weighted by Gasteiger charge is 2.15. The summed E-state index contributed by atoms with van der Waals surface area (Å²) >= 11 is 0. The van der Waals surface area contributed by atoms with Crippen LogP contribution in [0.15, 0.2) is 18.2 Å². The van der Waals surface area contributed by atoms with E-state index in [0.29, 0.717) is 26.2 Å². The molecule has 0 bridgehead atoms. The van der Waals surface area contributed by atoms with Crippen molar-refractivity contribution in [2.45, 2.75) is 40.0 Å². The van der Waals surface area contributed by atoms with Crippen LogP contribution in [0.1, 0.15) is 39.2 Å². The van der Waals surface area contributed by atoms with Crippen LogP contribution >= 0.6 is 0 Å². The Morgan fingerprint density at radius 3 is 2.62 bits per heavy atom. The molecule has 1 heterocycles. The van der Waals surface area contributed by atoms with E-state index in [9.17, 15) is 4.79 Å². The highest BCUT2D eigenvalue weighted by atomic mass is 16.5. The zero-order valence-electron chi connectivity index (χ0n) is 13.2. The zero-order valence-corrected chi connectivity index (χ0v) is 13.2. The Morgan fingerprint density at radius 2 is 1.90 bits per heavy atom. The van der Waals surface area contributed by atoms with Crippen molar-refractivity contribution >= 4 is 5.91 Å². The number of amides is 1. The second kappa shape index (κ2) is 6.83. The summed E-state index contributed by atoms with van der Waals surface area (Å²) in [6.45, 7) is 8.24. The molecule has 0 aromatic heterocycles. The smallest absolute Gasteiger partial charge is 0.220 e. The molecule has 1 amide bonds. The van der Waals surface area contributed by atoms with Crippen molar-refractivity contribution in [3.05, 3.63) is 23.8 Å². The highest BCUT2D eigenvalue weighted by molar-refractivity contribution is 5.76. The fraction of sp³-hybridized carbons (Fsp3) is 0.588. The Kier molecular flexibility index (Phi) is 5.10. The van der Waals surface area contributed by atoms with E-state index in [4.69, 9.17) is 9.47 Å². The van der Waals surface area contributed by atoms with E-state index in [1.165, 1.54) is 0 Å². The van der Waals surface area contributed by atoms with Crippen molar-refractivity contribution in [1.29, 1.82) is 0 Å². The van der Waals surface area contributed by atoms with Gasteiger partial charge in [-0.2, -0.15) is 0 Å². The van der Waals surface area contributed by atoms with Gasteiger partial charge in [-0.1, -0.05) is 26.8 Å². The fourth-order valence-electron chi connectivity index (χ4n) is 2.25. The molecule has 0 atom stereocenters. The topological polar surface area (TPSA) is 47.6 Å². The number of fused-ring (bicyclic) bond motifs is 1. The molecule has 0 spiro atoms. The lowest BCUT2D eigenvalue weighted by molar-refractivity contribution is -0.122. The number of carbonyl (C=O) groups is 1. The first-order valence-corrected chi connectivity index (χ1v) is 7.59. The van der Waals surface area contributed by atoms with Gasteiger partial charge in [-0.25, -0.2) is 0 Å². The van der Waals surface area contributed by atoms with E-state index in [-0.39, 0.29) is 11.3 Å². The number of carbonyl (C=O) groups excluding carboxylic acids is 1. The van der Waals surface area contributed by atoms with Gasteiger partial charge in [0, 0.05) is 19.4 Å². The van der Waals surface area contributed by atoms with Gasteiger partial charge in [-0.05, 0) is 29.5 Å². The number of hydrogen-bond donors (Lipinski definition) is 1. The molecule has 0 aliphatic carbocycles. The molecule has 1 N–H and O–H groups in total. The standard InChI is InChI=1S/C17H25NO3/c1-17(2,3)12-16(19)18-8-7-13-5-6-14-15(11-13)21-10-4-9-20-14/h5-6,11H,4,7-10,12H2,1-3H3,(H,18,19). The summed E-state index contributed by atoms with van der Waals surface area (Å²) in [6.07, 6.45) is 2.26. The van der Waals surface area contributed by atoms with E-state index in [2.05, 4.69) is 26.1 Å². The molecule has 0 radical (unpaired) electrons. The lowest BCUT2D eigenvalue weighted by Gasteiger charge is -2.17. The molecule has 0 saturated heterocycles. The first kappa shape index (κ1) is 15.7. The molecule has 1 aliphatic heterocycles. The van der Waals surface area contributed by atoms with Crippen molar-refractivity contribution in [2.24, 2.45) is 5.41 Å². The molecular weight excluding hydrogens is 266 g/mol. The van der Waals surface area contributed by atoms with Crippen LogP contribution in [0.5, 0.6) is 11.5 Å². The number of benzene rings is 1. The molecule has 4 heteroatoms. The van der Waals surface area contributed by atoms with Crippen molar-refractivity contribution in [2.75, 3.05) is 19.8 Å². The summed E-state index contributed by atoms with van der Waals surface area (Å²) in [7, 11) is 0. The Hall–Kier alpha value is -1.71. The van der Waals surface area contributed by atoms with Gasteiger partial charge in [0.1, 0.15) is 0 Å². The van der Waals surface area contributed by atoms with Crippen LogP contribution in [0.4, 0.5) is 0 Å². The summed E-state index contributed by atoms with van der Waals surface area (Å²) in [5.74, 6) is 1.73. The Morgan fingerprint density at radius 1 is 1.19 bits per heavy atom.